The van der Waals surface area contributed by atoms with E-state index in [-0.39, 0.29) is 18.2 Å². The second-order valence-electron chi connectivity index (χ2n) is 6.58. The molecule has 1 amide bonds. The van der Waals surface area contributed by atoms with Crippen LogP contribution in [0.2, 0.25) is 0 Å². The van der Waals surface area contributed by atoms with E-state index in [0.717, 1.165) is 30.2 Å². The Balaban J connectivity index is 0.000000339. The smallest absolute Gasteiger partial charge is 0.210 e. The molecule has 0 unspecified atom stereocenters. The summed E-state index contributed by atoms with van der Waals surface area (Å²) in [4.78, 5) is 12.8. The Morgan fingerprint density at radius 2 is 1.85 bits per heavy atom. The highest BCUT2D eigenvalue weighted by atomic mass is 19.1. The topological polar surface area (TPSA) is 40.5 Å². The number of benzene rings is 2. The summed E-state index contributed by atoms with van der Waals surface area (Å²) in [6.45, 7) is 0.684. The number of carbonyl (C=O) groups is 1. The van der Waals surface area contributed by atoms with E-state index in [4.69, 9.17) is 5.11 Å². The number of aliphatic hydroxyl groups is 1. The fourth-order valence-electron chi connectivity index (χ4n) is 2.89. The number of amides is 1. The molecule has 0 saturated heterocycles. The Morgan fingerprint density at radius 1 is 1.12 bits per heavy atom. The zero-order valence-corrected chi connectivity index (χ0v) is 14.3. The highest BCUT2D eigenvalue weighted by molar-refractivity contribution is 5.74. The molecule has 2 aliphatic rings. The van der Waals surface area contributed by atoms with Crippen LogP contribution in [0.1, 0.15) is 30.0 Å². The molecule has 1 heterocycles. The molecule has 1 atom stereocenters. The molecule has 0 spiro atoms. The lowest BCUT2D eigenvalue weighted by atomic mass is 10.0. The molecular weight excluding hydrogens is 336 g/mol. The van der Waals surface area contributed by atoms with Crippen molar-refractivity contribution in [3.05, 3.63) is 77.4 Å². The van der Waals surface area contributed by atoms with Gasteiger partial charge in [-0.2, -0.15) is 0 Å². The van der Waals surface area contributed by atoms with E-state index in [1.165, 1.54) is 12.8 Å². The molecule has 1 fully saturated rings. The normalized spacial score (nSPS) is 18.8. The first kappa shape index (κ1) is 18.3. The van der Waals surface area contributed by atoms with E-state index >= 15 is 0 Å². The lowest BCUT2D eigenvalue weighted by Gasteiger charge is -2.19. The maximum absolute atomic E-state index is 13.9. The van der Waals surface area contributed by atoms with Crippen LogP contribution in [0, 0.1) is 17.6 Å². The van der Waals surface area contributed by atoms with Crippen molar-refractivity contribution in [2.24, 2.45) is 5.92 Å². The second-order valence-corrected chi connectivity index (χ2v) is 6.58. The quantitative estimate of drug-likeness (QED) is 0.842. The number of carbonyl (C=O) groups excluding carboxylic acids is 1. The molecular formula is C21H21F2NO2. The number of halogens is 2. The SMILES string of the molecule is O=CN1CC(c2cc(F)ccc2F)=C[C@H]1c1ccccc1.OCC1CC1. The summed E-state index contributed by atoms with van der Waals surface area (Å²) in [6.07, 6.45) is 5.06. The van der Waals surface area contributed by atoms with Crippen LogP contribution in [0.4, 0.5) is 8.78 Å². The van der Waals surface area contributed by atoms with Crippen LogP contribution in [0.5, 0.6) is 0 Å². The molecule has 3 nitrogen and oxygen atoms in total. The predicted molar refractivity (Wildman–Crippen MR) is 96.1 cm³/mol. The summed E-state index contributed by atoms with van der Waals surface area (Å²) in [5.74, 6) is -0.287. The second kappa shape index (κ2) is 8.23. The van der Waals surface area contributed by atoms with Gasteiger partial charge in [-0.3, -0.25) is 4.79 Å². The molecule has 2 aromatic rings. The molecule has 26 heavy (non-hydrogen) atoms. The van der Waals surface area contributed by atoms with Gasteiger partial charge in [0, 0.05) is 18.7 Å². The maximum atomic E-state index is 13.9. The molecule has 1 N–H and O–H groups in total. The Labute approximate surface area is 151 Å². The summed E-state index contributed by atoms with van der Waals surface area (Å²) in [7, 11) is 0. The highest BCUT2D eigenvalue weighted by Gasteiger charge is 2.26. The van der Waals surface area contributed by atoms with Crippen molar-refractivity contribution < 1.29 is 18.7 Å². The molecule has 1 aliphatic carbocycles. The van der Waals surface area contributed by atoms with E-state index in [0.29, 0.717) is 18.1 Å². The predicted octanol–water partition coefficient (Wildman–Crippen LogP) is 3.95. The lowest BCUT2D eigenvalue weighted by Crippen LogP contribution is -2.22. The van der Waals surface area contributed by atoms with Gasteiger partial charge in [-0.15, -0.1) is 0 Å². The van der Waals surface area contributed by atoms with E-state index < -0.39 is 11.6 Å². The van der Waals surface area contributed by atoms with Gasteiger partial charge in [0.15, 0.2) is 0 Å². The van der Waals surface area contributed by atoms with Crippen LogP contribution in [-0.4, -0.2) is 29.6 Å². The van der Waals surface area contributed by atoms with Crippen molar-refractivity contribution in [1.82, 2.24) is 4.90 Å². The van der Waals surface area contributed by atoms with E-state index in [9.17, 15) is 13.6 Å². The third-order valence-corrected chi connectivity index (χ3v) is 4.58. The molecule has 2 aromatic carbocycles. The highest BCUT2D eigenvalue weighted by Crippen LogP contribution is 2.34. The van der Waals surface area contributed by atoms with Gasteiger partial charge in [0.2, 0.25) is 6.41 Å². The number of nitrogens with zero attached hydrogens (tertiary/aromatic N) is 1. The van der Waals surface area contributed by atoms with Crippen molar-refractivity contribution in [2.45, 2.75) is 18.9 Å². The summed E-state index contributed by atoms with van der Waals surface area (Å²) in [5, 5.41) is 8.21. The van der Waals surface area contributed by atoms with Gasteiger partial charge in [-0.25, -0.2) is 8.78 Å². The minimum Gasteiger partial charge on any atom is -0.396 e. The van der Waals surface area contributed by atoms with Gasteiger partial charge in [0.1, 0.15) is 11.6 Å². The number of rotatable bonds is 4. The zero-order chi connectivity index (χ0) is 18.5. The molecule has 1 aliphatic heterocycles. The molecule has 0 radical (unpaired) electrons. The Bertz CT molecular complexity index is 788. The number of hydrogen-bond acceptors (Lipinski definition) is 2. The van der Waals surface area contributed by atoms with Gasteiger partial charge in [0.25, 0.3) is 0 Å². The standard InChI is InChI=1S/C17H13F2NO.C4H8O/c18-14-6-7-16(19)15(9-14)13-8-17(20(10-13)11-21)12-4-2-1-3-5-12;5-3-4-1-2-4/h1-9,11,17H,10H2;4-5H,1-3H2/t17-;/m0./s1. The van der Waals surface area contributed by atoms with Crippen molar-refractivity contribution in [2.75, 3.05) is 13.2 Å². The number of hydrogen-bond donors (Lipinski definition) is 1. The van der Waals surface area contributed by atoms with Crippen LogP contribution < -0.4 is 0 Å². The average molecular weight is 357 g/mol. The minimum absolute atomic E-state index is 0.209. The number of aliphatic hydroxyl groups excluding tert-OH is 1. The molecule has 136 valence electrons. The molecule has 1 saturated carbocycles. The van der Waals surface area contributed by atoms with Crippen LogP contribution in [-0.2, 0) is 4.79 Å². The van der Waals surface area contributed by atoms with Crippen molar-refractivity contribution >= 4 is 12.0 Å². The van der Waals surface area contributed by atoms with E-state index in [2.05, 4.69) is 0 Å². The van der Waals surface area contributed by atoms with Crippen molar-refractivity contribution in [3.63, 3.8) is 0 Å². The fraction of sp³-hybridized carbons (Fsp3) is 0.286. The lowest BCUT2D eigenvalue weighted by molar-refractivity contribution is -0.118. The van der Waals surface area contributed by atoms with Gasteiger partial charge >= 0.3 is 0 Å². The first-order chi connectivity index (χ1) is 12.6. The summed E-state index contributed by atoms with van der Waals surface area (Å²) in [5.41, 5.74) is 1.77. The third kappa shape index (κ3) is 4.35. The summed E-state index contributed by atoms with van der Waals surface area (Å²) in [6, 6.07) is 12.6. The molecule has 0 aromatic heterocycles. The van der Waals surface area contributed by atoms with Crippen LogP contribution in [0.25, 0.3) is 5.57 Å². The van der Waals surface area contributed by atoms with E-state index in [1.807, 2.05) is 36.4 Å². The first-order valence-corrected chi connectivity index (χ1v) is 8.65. The maximum Gasteiger partial charge on any atom is 0.210 e. The summed E-state index contributed by atoms with van der Waals surface area (Å²) < 4.78 is 27.2. The Morgan fingerprint density at radius 3 is 2.42 bits per heavy atom. The molecule has 4 rings (SSSR count). The largest absolute Gasteiger partial charge is 0.396 e. The zero-order valence-electron chi connectivity index (χ0n) is 14.3. The van der Waals surface area contributed by atoms with Gasteiger partial charge in [-0.05, 0) is 48.1 Å². The van der Waals surface area contributed by atoms with Crippen molar-refractivity contribution in [3.8, 4) is 0 Å². The summed E-state index contributed by atoms with van der Waals surface area (Å²) >= 11 is 0. The first-order valence-electron chi connectivity index (χ1n) is 8.65. The Kier molecular flexibility index (Phi) is 5.78. The fourth-order valence-corrected chi connectivity index (χ4v) is 2.89. The third-order valence-electron chi connectivity index (χ3n) is 4.58. The Hall–Kier alpha value is -2.53. The van der Waals surface area contributed by atoms with E-state index in [1.54, 1.807) is 4.90 Å². The van der Waals surface area contributed by atoms with Crippen LogP contribution >= 0.6 is 0 Å². The minimum atomic E-state index is -0.492. The average Bonchev–Trinajstić information content (AvgIpc) is 3.42. The van der Waals surface area contributed by atoms with Crippen LogP contribution in [0.15, 0.2) is 54.6 Å². The monoisotopic (exact) mass is 357 g/mol. The molecule has 5 heteroatoms. The van der Waals surface area contributed by atoms with Gasteiger partial charge in [0.05, 0.1) is 6.04 Å². The van der Waals surface area contributed by atoms with Gasteiger partial charge < -0.3 is 10.0 Å². The van der Waals surface area contributed by atoms with Gasteiger partial charge in [-0.1, -0.05) is 36.4 Å². The van der Waals surface area contributed by atoms with Crippen molar-refractivity contribution in [1.29, 1.82) is 0 Å². The van der Waals surface area contributed by atoms with Crippen LogP contribution in [0.3, 0.4) is 0 Å². The molecule has 0 bridgehead atoms.